The van der Waals surface area contributed by atoms with E-state index in [0.29, 0.717) is 18.9 Å². The summed E-state index contributed by atoms with van der Waals surface area (Å²) in [4.78, 5) is 23.1. The van der Waals surface area contributed by atoms with Crippen molar-refractivity contribution in [3.8, 4) is 0 Å². The average molecular weight is 278 g/mol. The standard InChI is InChI=1S/C12H13F3O4/c1-7(16)19-11-5-3-2-4-9(11)18-10(6-8(11)17)12(13,14)15/h6,9H,2-5H2,1H3/t9-,11+/m1/s1. The van der Waals surface area contributed by atoms with E-state index in [9.17, 15) is 22.8 Å². The summed E-state index contributed by atoms with van der Waals surface area (Å²) in [5.41, 5.74) is -1.58. The lowest BCUT2D eigenvalue weighted by atomic mass is 9.77. The molecule has 2 atom stereocenters. The Morgan fingerprint density at radius 1 is 1.47 bits per heavy atom. The third kappa shape index (κ3) is 2.46. The Bertz CT molecular complexity index is 441. The van der Waals surface area contributed by atoms with E-state index in [1.54, 1.807) is 0 Å². The van der Waals surface area contributed by atoms with Crippen LogP contribution in [0.15, 0.2) is 11.8 Å². The van der Waals surface area contributed by atoms with Crippen molar-refractivity contribution in [3.05, 3.63) is 11.8 Å². The van der Waals surface area contributed by atoms with Gasteiger partial charge in [0.1, 0.15) is 6.10 Å². The summed E-state index contributed by atoms with van der Waals surface area (Å²) in [6.45, 7) is 1.12. The van der Waals surface area contributed by atoms with Gasteiger partial charge in [-0.1, -0.05) is 0 Å². The normalized spacial score (nSPS) is 31.1. The fourth-order valence-corrected chi connectivity index (χ4v) is 2.55. The molecule has 7 heteroatoms. The van der Waals surface area contributed by atoms with Gasteiger partial charge in [0.05, 0.1) is 0 Å². The van der Waals surface area contributed by atoms with E-state index in [4.69, 9.17) is 9.47 Å². The van der Waals surface area contributed by atoms with Gasteiger partial charge in [-0.05, 0) is 25.7 Å². The number of carbonyl (C=O) groups is 2. The summed E-state index contributed by atoms with van der Waals surface area (Å²) in [7, 11) is 0. The van der Waals surface area contributed by atoms with Crippen LogP contribution in [-0.2, 0) is 19.1 Å². The molecule has 0 bridgehead atoms. The first-order valence-electron chi connectivity index (χ1n) is 5.95. The van der Waals surface area contributed by atoms with Gasteiger partial charge in [-0.3, -0.25) is 9.59 Å². The van der Waals surface area contributed by atoms with Crippen LogP contribution in [0.2, 0.25) is 0 Å². The molecule has 0 unspecified atom stereocenters. The molecule has 0 aromatic heterocycles. The zero-order chi connectivity index (χ0) is 14.3. The fraction of sp³-hybridized carbons (Fsp3) is 0.667. The van der Waals surface area contributed by atoms with Gasteiger partial charge in [0, 0.05) is 13.0 Å². The summed E-state index contributed by atoms with van der Waals surface area (Å²) in [6, 6.07) is 0. The minimum absolute atomic E-state index is 0.192. The Morgan fingerprint density at radius 3 is 2.74 bits per heavy atom. The fourth-order valence-electron chi connectivity index (χ4n) is 2.55. The third-order valence-corrected chi connectivity index (χ3v) is 3.34. The average Bonchev–Trinajstić information content (AvgIpc) is 2.28. The van der Waals surface area contributed by atoms with Crippen LogP contribution in [0.1, 0.15) is 32.6 Å². The maximum atomic E-state index is 12.6. The molecule has 19 heavy (non-hydrogen) atoms. The quantitative estimate of drug-likeness (QED) is 0.690. The van der Waals surface area contributed by atoms with Crippen LogP contribution in [-0.4, -0.2) is 29.6 Å². The molecule has 2 aliphatic rings. The number of ether oxygens (including phenoxy) is 2. The first-order valence-corrected chi connectivity index (χ1v) is 5.95. The second kappa shape index (κ2) is 4.54. The maximum Gasteiger partial charge on any atom is 0.449 e. The highest BCUT2D eigenvalue weighted by molar-refractivity contribution is 6.00. The molecule has 0 N–H and O–H groups in total. The minimum atomic E-state index is -4.71. The number of ketones is 1. The highest BCUT2D eigenvalue weighted by atomic mass is 19.4. The number of halogens is 3. The van der Waals surface area contributed by atoms with Crippen LogP contribution in [0.5, 0.6) is 0 Å². The van der Waals surface area contributed by atoms with Gasteiger partial charge < -0.3 is 9.47 Å². The largest absolute Gasteiger partial charge is 0.481 e. The molecular weight excluding hydrogens is 265 g/mol. The smallest absolute Gasteiger partial charge is 0.449 e. The van der Waals surface area contributed by atoms with E-state index in [0.717, 1.165) is 6.92 Å². The second-order valence-electron chi connectivity index (χ2n) is 4.71. The number of hydrogen-bond acceptors (Lipinski definition) is 4. The van der Waals surface area contributed by atoms with Crippen molar-refractivity contribution in [1.82, 2.24) is 0 Å². The van der Waals surface area contributed by atoms with E-state index < -0.39 is 35.4 Å². The number of rotatable bonds is 1. The van der Waals surface area contributed by atoms with E-state index in [1.165, 1.54) is 0 Å². The van der Waals surface area contributed by atoms with Crippen LogP contribution in [0.25, 0.3) is 0 Å². The predicted molar refractivity (Wildman–Crippen MR) is 57.0 cm³/mol. The Labute approximate surface area is 107 Å². The third-order valence-electron chi connectivity index (χ3n) is 3.34. The van der Waals surface area contributed by atoms with Gasteiger partial charge in [-0.15, -0.1) is 0 Å². The second-order valence-corrected chi connectivity index (χ2v) is 4.71. The first-order chi connectivity index (χ1) is 8.75. The lowest BCUT2D eigenvalue weighted by molar-refractivity contribution is -0.203. The van der Waals surface area contributed by atoms with Crippen LogP contribution in [0.4, 0.5) is 13.2 Å². The number of alkyl halides is 3. The molecule has 1 aliphatic carbocycles. The first kappa shape index (κ1) is 13.9. The summed E-state index contributed by atoms with van der Waals surface area (Å²) >= 11 is 0. The topological polar surface area (TPSA) is 52.6 Å². The highest BCUT2D eigenvalue weighted by Gasteiger charge is 2.56. The molecule has 0 spiro atoms. The Kier molecular flexibility index (Phi) is 3.32. The summed E-state index contributed by atoms with van der Waals surface area (Å²) in [6.07, 6.45) is -3.69. The van der Waals surface area contributed by atoms with Gasteiger partial charge in [0.2, 0.25) is 17.1 Å². The molecule has 0 aromatic carbocycles. The lowest BCUT2D eigenvalue weighted by Gasteiger charge is -2.43. The van der Waals surface area contributed by atoms with Crippen molar-refractivity contribution in [2.24, 2.45) is 0 Å². The molecule has 0 saturated heterocycles. The van der Waals surface area contributed by atoms with Gasteiger partial charge in [0.15, 0.2) is 0 Å². The maximum absolute atomic E-state index is 12.6. The number of fused-ring (bicyclic) bond motifs is 1. The van der Waals surface area contributed by atoms with E-state index >= 15 is 0 Å². The molecule has 1 heterocycles. The van der Waals surface area contributed by atoms with E-state index in [2.05, 4.69) is 0 Å². The van der Waals surface area contributed by atoms with Gasteiger partial charge >= 0.3 is 12.1 Å². The zero-order valence-electron chi connectivity index (χ0n) is 10.3. The monoisotopic (exact) mass is 278 g/mol. The van der Waals surface area contributed by atoms with Crippen molar-refractivity contribution >= 4 is 11.8 Å². The van der Waals surface area contributed by atoms with Crippen molar-refractivity contribution in [2.75, 3.05) is 0 Å². The molecule has 0 amide bonds. The van der Waals surface area contributed by atoms with E-state index in [-0.39, 0.29) is 12.8 Å². The van der Waals surface area contributed by atoms with Crippen LogP contribution in [0.3, 0.4) is 0 Å². The number of carbonyl (C=O) groups excluding carboxylic acids is 2. The van der Waals surface area contributed by atoms with Gasteiger partial charge in [-0.2, -0.15) is 13.2 Å². The van der Waals surface area contributed by atoms with Gasteiger partial charge in [-0.25, -0.2) is 0 Å². The van der Waals surface area contributed by atoms with Crippen molar-refractivity contribution in [3.63, 3.8) is 0 Å². The van der Waals surface area contributed by atoms with Crippen LogP contribution >= 0.6 is 0 Å². The minimum Gasteiger partial charge on any atom is -0.481 e. The Balaban J connectivity index is 2.38. The highest BCUT2D eigenvalue weighted by Crippen LogP contribution is 2.42. The predicted octanol–water partition coefficient (Wildman–Crippen LogP) is 2.28. The van der Waals surface area contributed by atoms with Crippen molar-refractivity contribution < 1.29 is 32.2 Å². The van der Waals surface area contributed by atoms with Crippen molar-refractivity contribution in [1.29, 1.82) is 0 Å². The molecule has 106 valence electrons. The zero-order valence-corrected chi connectivity index (χ0v) is 10.3. The Hall–Kier alpha value is -1.53. The van der Waals surface area contributed by atoms with Crippen LogP contribution < -0.4 is 0 Å². The molecular formula is C12H13F3O4. The van der Waals surface area contributed by atoms with Gasteiger partial charge in [0.25, 0.3) is 0 Å². The molecule has 1 saturated carbocycles. The van der Waals surface area contributed by atoms with E-state index in [1.807, 2.05) is 0 Å². The lowest BCUT2D eigenvalue weighted by Crippen LogP contribution is -2.57. The molecule has 0 aromatic rings. The molecule has 0 radical (unpaired) electrons. The number of allylic oxidation sites excluding steroid dienone is 1. The van der Waals surface area contributed by atoms with Crippen molar-refractivity contribution in [2.45, 2.75) is 50.5 Å². The summed E-state index contributed by atoms with van der Waals surface area (Å²) < 4.78 is 47.7. The summed E-state index contributed by atoms with van der Waals surface area (Å²) in [5.74, 6) is -2.86. The molecule has 2 rings (SSSR count). The molecule has 1 fully saturated rings. The molecule has 1 aliphatic heterocycles. The van der Waals surface area contributed by atoms with Crippen LogP contribution in [0, 0.1) is 0 Å². The SMILES string of the molecule is CC(=O)O[C@]12CCCC[C@H]1OC(C(F)(F)F)=CC2=O. The number of hydrogen-bond donors (Lipinski definition) is 0. The molecule has 4 nitrogen and oxygen atoms in total. The Morgan fingerprint density at radius 2 is 2.16 bits per heavy atom. The summed E-state index contributed by atoms with van der Waals surface area (Å²) in [5, 5.41) is 0. The number of esters is 1.